The molecule has 2 aromatic carbocycles. The molecule has 8 heteroatoms. The summed E-state index contributed by atoms with van der Waals surface area (Å²) in [5.74, 6) is -1.44. The maximum atomic E-state index is 12.1. The average Bonchev–Trinajstić information content (AvgIpc) is 2.66. The number of hydrogen-bond acceptors (Lipinski definition) is 6. The summed E-state index contributed by atoms with van der Waals surface area (Å²) in [6.45, 7) is -0.0521. The van der Waals surface area contributed by atoms with Crippen molar-refractivity contribution in [1.29, 1.82) is 0 Å². The molecule has 27 heavy (non-hydrogen) atoms. The Labute approximate surface area is 161 Å². The van der Waals surface area contributed by atoms with E-state index in [1.165, 1.54) is 11.8 Å². The molecule has 7 nitrogen and oxygen atoms in total. The fourth-order valence-corrected chi connectivity index (χ4v) is 2.95. The van der Waals surface area contributed by atoms with E-state index in [-0.39, 0.29) is 5.75 Å². The van der Waals surface area contributed by atoms with E-state index >= 15 is 0 Å². The summed E-state index contributed by atoms with van der Waals surface area (Å²) >= 11 is 1.22. The van der Waals surface area contributed by atoms with Crippen LogP contribution in [0.2, 0.25) is 0 Å². The number of rotatable bonds is 9. The van der Waals surface area contributed by atoms with Crippen molar-refractivity contribution < 1.29 is 23.9 Å². The number of thioether (sulfide) groups is 1. The van der Waals surface area contributed by atoms with Crippen LogP contribution in [-0.2, 0) is 25.7 Å². The summed E-state index contributed by atoms with van der Waals surface area (Å²) in [6.07, 6.45) is 0. The van der Waals surface area contributed by atoms with Crippen molar-refractivity contribution in [3.8, 4) is 0 Å². The second-order valence-corrected chi connectivity index (χ2v) is 6.53. The van der Waals surface area contributed by atoms with Gasteiger partial charge in [-0.15, -0.1) is 11.8 Å². The fraction of sp³-hybridized carbons (Fsp3) is 0.211. The minimum absolute atomic E-state index is 0.0969. The lowest BCUT2D eigenvalue weighted by atomic mass is 10.1. The van der Waals surface area contributed by atoms with Crippen LogP contribution in [0.3, 0.4) is 0 Å². The van der Waals surface area contributed by atoms with E-state index in [4.69, 9.17) is 15.2 Å². The largest absolute Gasteiger partial charge is 0.452 e. The number of ether oxygens (including phenoxy) is 2. The van der Waals surface area contributed by atoms with Crippen LogP contribution in [0.25, 0.3) is 0 Å². The molecule has 0 aliphatic carbocycles. The molecule has 0 bridgehead atoms. The molecule has 0 aliphatic rings. The molecule has 0 saturated carbocycles. The normalized spacial score (nSPS) is 10.3. The number of carbonyl (C=O) groups is 3. The molecule has 2 aromatic rings. The number of para-hydroxylation sites is 1. The summed E-state index contributed by atoms with van der Waals surface area (Å²) in [6, 6.07) is 13.8. The van der Waals surface area contributed by atoms with Gasteiger partial charge in [0, 0.05) is 12.0 Å². The Bertz CT molecular complexity index is 825. The monoisotopic (exact) mass is 388 g/mol. The number of anilines is 1. The Kier molecular flexibility index (Phi) is 7.84. The van der Waals surface area contributed by atoms with E-state index in [9.17, 15) is 14.4 Å². The molecule has 0 heterocycles. The minimum Gasteiger partial charge on any atom is -0.452 e. The molecule has 0 atom stereocenters. The van der Waals surface area contributed by atoms with Crippen LogP contribution in [-0.4, -0.2) is 37.3 Å². The highest BCUT2D eigenvalue weighted by atomic mass is 32.2. The fourth-order valence-electron chi connectivity index (χ4n) is 2.20. The third kappa shape index (κ3) is 6.76. The Morgan fingerprint density at radius 2 is 1.89 bits per heavy atom. The van der Waals surface area contributed by atoms with Crippen LogP contribution in [0.4, 0.5) is 5.69 Å². The van der Waals surface area contributed by atoms with Crippen LogP contribution in [0.1, 0.15) is 15.9 Å². The SMILES string of the molecule is COCc1cccc(C(=O)OCC(=O)Nc2ccccc2SCC(N)=O)c1. The van der Waals surface area contributed by atoms with E-state index in [0.717, 1.165) is 5.56 Å². The predicted molar refractivity (Wildman–Crippen MR) is 102 cm³/mol. The lowest BCUT2D eigenvalue weighted by molar-refractivity contribution is -0.119. The second-order valence-electron chi connectivity index (χ2n) is 5.51. The van der Waals surface area contributed by atoms with Crippen molar-refractivity contribution >= 4 is 35.2 Å². The van der Waals surface area contributed by atoms with E-state index in [1.54, 1.807) is 49.6 Å². The third-order valence-corrected chi connectivity index (χ3v) is 4.43. The topological polar surface area (TPSA) is 108 Å². The van der Waals surface area contributed by atoms with Gasteiger partial charge in [-0.1, -0.05) is 24.3 Å². The number of amides is 2. The van der Waals surface area contributed by atoms with Gasteiger partial charge in [0.05, 0.1) is 23.6 Å². The molecule has 0 spiro atoms. The Morgan fingerprint density at radius 3 is 2.63 bits per heavy atom. The maximum absolute atomic E-state index is 12.1. The number of hydrogen-bond donors (Lipinski definition) is 2. The summed E-state index contributed by atoms with van der Waals surface area (Å²) in [5.41, 5.74) is 6.84. The first-order chi connectivity index (χ1) is 13.0. The van der Waals surface area contributed by atoms with Crippen molar-refractivity contribution in [3.05, 3.63) is 59.7 Å². The zero-order valence-electron chi connectivity index (χ0n) is 14.8. The van der Waals surface area contributed by atoms with Crippen molar-refractivity contribution in [1.82, 2.24) is 0 Å². The van der Waals surface area contributed by atoms with Gasteiger partial charge in [0.25, 0.3) is 5.91 Å². The molecular formula is C19H20N2O5S. The van der Waals surface area contributed by atoms with E-state index in [2.05, 4.69) is 5.32 Å². The van der Waals surface area contributed by atoms with Gasteiger partial charge < -0.3 is 20.5 Å². The van der Waals surface area contributed by atoms with Crippen LogP contribution in [0.15, 0.2) is 53.4 Å². The number of methoxy groups -OCH3 is 1. The van der Waals surface area contributed by atoms with Crippen LogP contribution in [0, 0.1) is 0 Å². The smallest absolute Gasteiger partial charge is 0.338 e. The van der Waals surface area contributed by atoms with Gasteiger partial charge in [-0.2, -0.15) is 0 Å². The third-order valence-electron chi connectivity index (χ3n) is 3.34. The summed E-state index contributed by atoms with van der Waals surface area (Å²) < 4.78 is 10.1. The maximum Gasteiger partial charge on any atom is 0.338 e. The molecule has 0 fully saturated rings. The highest BCUT2D eigenvalue weighted by Crippen LogP contribution is 2.26. The molecule has 0 aromatic heterocycles. The second kappa shape index (κ2) is 10.3. The molecule has 2 rings (SSSR count). The first-order valence-electron chi connectivity index (χ1n) is 8.04. The van der Waals surface area contributed by atoms with E-state index in [1.807, 2.05) is 6.07 Å². The van der Waals surface area contributed by atoms with Crippen molar-refractivity contribution in [2.75, 3.05) is 24.8 Å². The van der Waals surface area contributed by atoms with Crippen LogP contribution < -0.4 is 11.1 Å². The molecule has 2 amide bonds. The van der Waals surface area contributed by atoms with Crippen LogP contribution in [0.5, 0.6) is 0 Å². The van der Waals surface area contributed by atoms with Crippen molar-refractivity contribution in [2.45, 2.75) is 11.5 Å². The number of esters is 1. The van der Waals surface area contributed by atoms with Gasteiger partial charge in [0.1, 0.15) is 0 Å². The van der Waals surface area contributed by atoms with Gasteiger partial charge >= 0.3 is 5.97 Å². The van der Waals surface area contributed by atoms with Gasteiger partial charge in [0.2, 0.25) is 5.91 Å². The highest BCUT2D eigenvalue weighted by molar-refractivity contribution is 8.00. The number of nitrogens with one attached hydrogen (secondary N) is 1. The summed E-state index contributed by atoms with van der Waals surface area (Å²) in [7, 11) is 1.56. The number of nitrogens with two attached hydrogens (primary N) is 1. The highest BCUT2D eigenvalue weighted by Gasteiger charge is 2.12. The molecule has 0 unspecified atom stereocenters. The number of carbonyl (C=O) groups excluding carboxylic acids is 3. The van der Waals surface area contributed by atoms with Gasteiger partial charge in [-0.3, -0.25) is 9.59 Å². The van der Waals surface area contributed by atoms with Gasteiger partial charge in [-0.25, -0.2) is 4.79 Å². The first kappa shape index (κ1) is 20.5. The molecule has 142 valence electrons. The zero-order valence-corrected chi connectivity index (χ0v) is 15.6. The number of primary amides is 1. The molecule has 0 aliphatic heterocycles. The average molecular weight is 388 g/mol. The quantitative estimate of drug-likeness (QED) is 0.504. The lowest BCUT2D eigenvalue weighted by Crippen LogP contribution is -2.21. The zero-order chi connectivity index (χ0) is 19.6. The molecule has 0 saturated heterocycles. The lowest BCUT2D eigenvalue weighted by Gasteiger charge is -2.10. The Hall–Kier alpha value is -2.84. The first-order valence-corrected chi connectivity index (χ1v) is 9.03. The number of benzene rings is 2. The summed E-state index contributed by atoms with van der Waals surface area (Å²) in [5, 5.41) is 2.66. The van der Waals surface area contributed by atoms with Crippen LogP contribution >= 0.6 is 11.8 Å². The van der Waals surface area contributed by atoms with Gasteiger partial charge in [0.15, 0.2) is 6.61 Å². The molecule has 0 radical (unpaired) electrons. The Balaban J connectivity index is 1.92. The standard InChI is InChI=1S/C19H20N2O5S/c1-25-10-13-5-4-6-14(9-13)19(24)26-11-18(23)21-15-7-2-3-8-16(15)27-12-17(20)22/h2-9H,10-12H2,1H3,(H2,20,22)(H,21,23). The van der Waals surface area contributed by atoms with E-state index < -0.39 is 24.4 Å². The summed E-state index contributed by atoms with van der Waals surface area (Å²) in [4.78, 5) is 35.8. The minimum atomic E-state index is -0.598. The molecule has 3 N–H and O–H groups in total. The van der Waals surface area contributed by atoms with Crippen molar-refractivity contribution in [3.63, 3.8) is 0 Å². The Morgan fingerprint density at radius 1 is 1.11 bits per heavy atom. The van der Waals surface area contributed by atoms with E-state index in [0.29, 0.717) is 22.8 Å². The predicted octanol–water partition coefficient (Wildman–Crippen LogP) is 2.21. The molecular weight excluding hydrogens is 368 g/mol. The van der Waals surface area contributed by atoms with Crippen molar-refractivity contribution in [2.24, 2.45) is 5.73 Å². The van der Waals surface area contributed by atoms with Gasteiger partial charge in [-0.05, 0) is 29.8 Å².